The summed E-state index contributed by atoms with van der Waals surface area (Å²) in [6, 6.07) is 12.7. The molecule has 0 bridgehead atoms. The zero-order valence-electron chi connectivity index (χ0n) is 19.4. The summed E-state index contributed by atoms with van der Waals surface area (Å²) in [6.07, 6.45) is 0. The molecular formula is C25H34N2O4. The van der Waals surface area contributed by atoms with E-state index in [0.717, 1.165) is 22.4 Å². The molecular weight excluding hydrogens is 392 g/mol. The summed E-state index contributed by atoms with van der Waals surface area (Å²) in [7, 11) is 1.61. The van der Waals surface area contributed by atoms with Gasteiger partial charge in [0.25, 0.3) is 5.91 Å². The lowest BCUT2D eigenvalue weighted by atomic mass is 10.1. The summed E-state index contributed by atoms with van der Waals surface area (Å²) in [5.41, 5.74) is 3.04. The Morgan fingerprint density at radius 2 is 1.58 bits per heavy atom. The topological polar surface area (TPSA) is 67.9 Å². The van der Waals surface area contributed by atoms with E-state index in [4.69, 9.17) is 9.47 Å². The van der Waals surface area contributed by atoms with E-state index in [2.05, 4.69) is 5.32 Å². The second-order valence-corrected chi connectivity index (χ2v) is 8.30. The number of hydrogen-bond donors (Lipinski definition) is 1. The van der Waals surface area contributed by atoms with Crippen molar-refractivity contribution in [1.82, 2.24) is 10.2 Å². The molecule has 0 spiro atoms. The molecule has 2 aromatic rings. The molecule has 0 heterocycles. The number of nitrogens with one attached hydrogen (secondary N) is 1. The minimum atomic E-state index is -0.629. The Bertz CT molecular complexity index is 857. The van der Waals surface area contributed by atoms with Crippen LogP contribution in [0, 0.1) is 19.8 Å². The second kappa shape index (κ2) is 11.4. The van der Waals surface area contributed by atoms with E-state index in [-0.39, 0.29) is 18.4 Å². The van der Waals surface area contributed by atoms with Gasteiger partial charge in [-0.3, -0.25) is 9.59 Å². The largest absolute Gasteiger partial charge is 0.497 e. The molecule has 1 N–H and O–H groups in total. The van der Waals surface area contributed by atoms with Crippen LogP contribution in [0.25, 0.3) is 0 Å². The number of amides is 2. The maximum atomic E-state index is 13.1. The molecule has 0 radical (unpaired) electrons. The zero-order valence-corrected chi connectivity index (χ0v) is 19.4. The van der Waals surface area contributed by atoms with Gasteiger partial charge in [-0.15, -0.1) is 0 Å². The SMILES string of the molecule is COc1ccc(CN(C(=O)COc2cc(C)cc(C)c2)[C@@H](C)C(=O)NCC(C)C)cc1. The third kappa shape index (κ3) is 7.63. The molecule has 0 aliphatic carbocycles. The van der Waals surface area contributed by atoms with Crippen LogP contribution >= 0.6 is 0 Å². The van der Waals surface area contributed by atoms with E-state index in [0.29, 0.717) is 24.8 Å². The second-order valence-electron chi connectivity index (χ2n) is 8.30. The first kappa shape index (κ1) is 24.3. The molecule has 0 saturated carbocycles. The van der Waals surface area contributed by atoms with Gasteiger partial charge in [0.2, 0.25) is 5.91 Å². The third-order valence-electron chi connectivity index (χ3n) is 4.92. The van der Waals surface area contributed by atoms with Gasteiger partial charge in [-0.2, -0.15) is 0 Å². The first-order valence-corrected chi connectivity index (χ1v) is 10.6. The molecule has 2 aromatic carbocycles. The van der Waals surface area contributed by atoms with Crippen LogP contribution in [0.3, 0.4) is 0 Å². The summed E-state index contributed by atoms with van der Waals surface area (Å²) in [4.78, 5) is 27.3. The van der Waals surface area contributed by atoms with Crippen molar-refractivity contribution in [3.8, 4) is 11.5 Å². The van der Waals surface area contributed by atoms with Crippen LogP contribution in [0.4, 0.5) is 0 Å². The lowest BCUT2D eigenvalue weighted by Crippen LogP contribution is -2.49. The average molecular weight is 427 g/mol. The highest BCUT2D eigenvalue weighted by molar-refractivity contribution is 5.88. The van der Waals surface area contributed by atoms with Crippen LogP contribution in [0.15, 0.2) is 42.5 Å². The highest BCUT2D eigenvalue weighted by atomic mass is 16.5. The Kier molecular flexibility index (Phi) is 8.91. The number of methoxy groups -OCH3 is 1. The molecule has 0 aliphatic rings. The van der Waals surface area contributed by atoms with E-state index in [9.17, 15) is 9.59 Å². The molecule has 0 aliphatic heterocycles. The van der Waals surface area contributed by atoms with Crippen LogP contribution in [0.1, 0.15) is 37.5 Å². The lowest BCUT2D eigenvalue weighted by Gasteiger charge is -2.29. The van der Waals surface area contributed by atoms with Crippen molar-refractivity contribution in [2.45, 2.75) is 47.2 Å². The Hall–Kier alpha value is -3.02. The first-order chi connectivity index (χ1) is 14.7. The number of ether oxygens (including phenoxy) is 2. The van der Waals surface area contributed by atoms with Crippen LogP contribution in [0.2, 0.25) is 0 Å². The van der Waals surface area contributed by atoms with Crippen molar-refractivity contribution in [3.05, 3.63) is 59.2 Å². The van der Waals surface area contributed by atoms with E-state index >= 15 is 0 Å². The fourth-order valence-electron chi connectivity index (χ4n) is 3.21. The Labute approximate surface area is 185 Å². The minimum absolute atomic E-state index is 0.138. The van der Waals surface area contributed by atoms with Gasteiger partial charge in [0.15, 0.2) is 6.61 Å². The molecule has 6 nitrogen and oxygen atoms in total. The minimum Gasteiger partial charge on any atom is -0.497 e. The molecule has 0 saturated heterocycles. The number of benzene rings is 2. The molecule has 0 aromatic heterocycles. The van der Waals surface area contributed by atoms with Crippen molar-refractivity contribution >= 4 is 11.8 Å². The third-order valence-corrected chi connectivity index (χ3v) is 4.92. The molecule has 31 heavy (non-hydrogen) atoms. The van der Waals surface area contributed by atoms with Gasteiger partial charge < -0.3 is 19.7 Å². The molecule has 1 atom stereocenters. The van der Waals surface area contributed by atoms with Gasteiger partial charge >= 0.3 is 0 Å². The fourth-order valence-corrected chi connectivity index (χ4v) is 3.21. The number of rotatable bonds is 10. The van der Waals surface area contributed by atoms with Crippen molar-refractivity contribution in [3.63, 3.8) is 0 Å². The Balaban J connectivity index is 2.15. The Morgan fingerprint density at radius 3 is 2.13 bits per heavy atom. The monoisotopic (exact) mass is 426 g/mol. The molecule has 2 amide bonds. The molecule has 0 unspecified atom stereocenters. The zero-order chi connectivity index (χ0) is 23.0. The molecule has 2 rings (SSSR count). The van der Waals surface area contributed by atoms with Gasteiger partial charge in [0.1, 0.15) is 17.5 Å². The predicted molar refractivity (Wildman–Crippen MR) is 122 cm³/mol. The predicted octanol–water partition coefficient (Wildman–Crippen LogP) is 3.88. The van der Waals surface area contributed by atoms with Gasteiger partial charge in [0, 0.05) is 13.1 Å². The normalized spacial score (nSPS) is 11.7. The maximum absolute atomic E-state index is 13.1. The summed E-state index contributed by atoms with van der Waals surface area (Å²) in [5, 5.41) is 2.92. The summed E-state index contributed by atoms with van der Waals surface area (Å²) < 4.78 is 11.0. The first-order valence-electron chi connectivity index (χ1n) is 10.6. The summed E-state index contributed by atoms with van der Waals surface area (Å²) >= 11 is 0. The van der Waals surface area contributed by atoms with Crippen LogP contribution < -0.4 is 14.8 Å². The molecule has 6 heteroatoms. The molecule has 168 valence electrons. The number of aryl methyl sites for hydroxylation is 2. The van der Waals surface area contributed by atoms with E-state index < -0.39 is 6.04 Å². The number of carbonyl (C=O) groups excluding carboxylic acids is 2. The van der Waals surface area contributed by atoms with Gasteiger partial charge in [-0.25, -0.2) is 0 Å². The number of carbonyl (C=O) groups is 2. The average Bonchev–Trinajstić information content (AvgIpc) is 2.73. The standard InChI is InChI=1S/C25H34N2O4/c1-17(2)14-26-25(29)20(5)27(15-21-7-9-22(30-6)10-8-21)24(28)16-31-23-12-18(3)11-19(4)13-23/h7-13,17,20H,14-16H2,1-6H3,(H,26,29)/t20-/m0/s1. The maximum Gasteiger partial charge on any atom is 0.261 e. The van der Waals surface area contributed by atoms with Crippen molar-refractivity contribution in [2.24, 2.45) is 5.92 Å². The van der Waals surface area contributed by atoms with Crippen molar-refractivity contribution in [2.75, 3.05) is 20.3 Å². The van der Waals surface area contributed by atoms with Crippen LogP contribution in [-0.2, 0) is 16.1 Å². The number of nitrogens with zero attached hydrogens (tertiary/aromatic N) is 1. The van der Waals surface area contributed by atoms with E-state index in [1.165, 1.54) is 0 Å². The van der Waals surface area contributed by atoms with Crippen LogP contribution in [-0.4, -0.2) is 43.0 Å². The fraction of sp³-hybridized carbons (Fsp3) is 0.440. The quantitative estimate of drug-likeness (QED) is 0.626. The molecule has 0 fully saturated rings. The smallest absolute Gasteiger partial charge is 0.261 e. The van der Waals surface area contributed by atoms with Crippen LogP contribution in [0.5, 0.6) is 11.5 Å². The highest BCUT2D eigenvalue weighted by Crippen LogP contribution is 2.18. The van der Waals surface area contributed by atoms with E-state index in [1.54, 1.807) is 18.9 Å². The van der Waals surface area contributed by atoms with Crippen molar-refractivity contribution < 1.29 is 19.1 Å². The van der Waals surface area contributed by atoms with Gasteiger partial charge in [0.05, 0.1) is 7.11 Å². The highest BCUT2D eigenvalue weighted by Gasteiger charge is 2.26. The number of hydrogen-bond acceptors (Lipinski definition) is 4. The Morgan fingerprint density at radius 1 is 0.968 bits per heavy atom. The van der Waals surface area contributed by atoms with Gasteiger partial charge in [-0.05, 0) is 67.6 Å². The van der Waals surface area contributed by atoms with E-state index in [1.807, 2.05) is 70.2 Å². The van der Waals surface area contributed by atoms with Crippen molar-refractivity contribution in [1.29, 1.82) is 0 Å². The summed E-state index contributed by atoms with van der Waals surface area (Å²) in [5.74, 6) is 1.29. The summed E-state index contributed by atoms with van der Waals surface area (Å²) in [6.45, 7) is 10.5. The van der Waals surface area contributed by atoms with Gasteiger partial charge in [-0.1, -0.05) is 32.0 Å². The lowest BCUT2D eigenvalue weighted by molar-refractivity contribution is -0.142.